The standard InChI is InChI=1S/C12H17FO2/c1-11(2,14)8-12(3,15)9-4-6-10(13)7-5-9/h4-7,14-15H,8H2,1-3H3. The minimum absolute atomic E-state index is 0.200. The first-order valence-corrected chi connectivity index (χ1v) is 4.91. The number of rotatable bonds is 3. The van der Waals surface area contributed by atoms with E-state index in [0.717, 1.165) is 0 Å². The van der Waals surface area contributed by atoms with E-state index in [1.165, 1.54) is 24.3 Å². The maximum absolute atomic E-state index is 12.7. The lowest BCUT2D eigenvalue weighted by Gasteiger charge is -2.30. The summed E-state index contributed by atoms with van der Waals surface area (Å²) in [6, 6.07) is 5.66. The van der Waals surface area contributed by atoms with Gasteiger partial charge in [0.1, 0.15) is 5.82 Å². The second-order valence-electron chi connectivity index (χ2n) is 4.77. The Morgan fingerprint density at radius 1 is 1.07 bits per heavy atom. The minimum Gasteiger partial charge on any atom is -0.390 e. The van der Waals surface area contributed by atoms with Crippen molar-refractivity contribution in [2.45, 2.75) is 38.4 Å². The third-order valence-electron chi connectivity index (χ3n) is 2.24. The molecule has 0 aromatic heterocycles. The number of hydrogen-bond acceptors (Lipinski definition) is 2. The topological polar surface area (TPSA) is 40.5 Å². The van der Waals surface area contributed by atoms with Gasteiger partial charge in [0.2, 0.25) is 0 Å². The third kappa shape index (κ3) is 3.61. The molecule has 1 aromatic rings. The minimum atomic E-state index is -1.15. The lowest BCUT2D eigenvalue weighted by molar-refractivity contribution is -0.0390. The molecule has 1 rings (SSSR count). The summed E-state index contributed by atoms with van der Waals surface area (Å²) in [7, 11) is 0. The summed E-state index contributed by atoms with van der Waals surface area (Å²) >= 11 is 0. The summed E-state index contributed by atoms with van der Waals surface area (Å²) in [6.45, 7) is 4.87. The zero-order valence-electron chi connectivity index (χ0n) is 9.29. The maximum Gasteiger partial charge on any atom is 0.123 e. The smallest absolute Gasteiger partial charge is 0.123 e. The van der Waals surface area contributed by atoms with Crippen LogP contribution in [0.2, 0.25) is 0 Å². The van der Waals surface area contributed by atoms with Crippen molar-refractivity contribution >= 4 is 0 Å². The summed E-state index contributed by atoms with van der Waals surface area (Å²) in [5, 5.41) is 19.8. The Morgan fingerprint density at radius 3 is 1.93 bits per heavy atom. The Morgan fingerprint density at radius 2 is 1.53 bits per heavy atom. The zero-order chi connectivity index (χ0) is 11.7. The van der Waals surface area contributed by atoms with Crippen molar-refractivity contribution in [2.75, 3.05) is 0 Å². The predicted molar refractivity (Wildman–Crippen MR) is 56.9 cm³/mol. The summed E-state index contributed by atoms with van der Waals surface area (Å²) in [5.74, 6) is -0.335. The molecule has 1 aromatic carbocycles. The molecule has 1 unspecified atom stereocenters. The van der Waals surface area contributed by atoms with E-state index in [9.17, 15) is 14.6 Å². The molecular formula is C12H17FO2. The van der Waals surface area contributed by atoms with Gasteiger partial charge in [-0.05, 0) is 38.5 Å². The van der Waals surface area contributed by atoms with Crippen LogP contribution in [0.15, 0.2) is 24.3 Å². The monoisotopic (exact) mass is 212 g/mol. The van der Waals surface area contributed by atoms with Gasteiger partial charge in [0.05, 0.1) is 11.2 Å². The first-order chi connectivity index (χ1) is 6.71. The van der Waals surface area contributed by atoms with Crippen molar-refractivity contribution in [3.05, 3.63) is 35.6 Å². The first kappa shape index (κ1) is 12.1. The maximum atomic E-state index is 12.7. The van der Waals surface area contributed by atoms with Crippen LogP contribution >= 0.6 is 0 Å². The molecule has 84 valence electrons. The van der Waals surface area contributed by atoms with E-state index < -0.39 is 11.2 Å². The van der Waals surface area contributed by atoms with Crippen LogP contribution in [-0.4, -0.2) is 15.8 Å². The average molecular weight is 212 g/mol. The molecule has 0 saturated heterocycles. The summed E-state index contributed by atoms with van der Waals surface area (Å²) in [5.41, 5.74) is -1.50. The van der Waals surface area contributed by atoms with Crippen LogP contribution in [0.1, 0.15) is 32.8 Å². The molecule has 15 heavy (non-hydrogen) atoms. The van der Waals surface area contributed by atoms with Gasteiger partial charge in [-0.1, -0.05) is 12.1 Å². The van der Waals surface area contributed by atoms with Crippen LogP contribution in [-0.2, 0) is 5.60 Å². The Bertz CT molecular complexity index is 322. The Hall–Kier alpha value is -0.930. The fourth-order valence-corrected chi connectivity index (χ4v) is 1.75. The molecule has 0 bridgehead atoms. The molecule has 0 amide bonds. The number of aliphatic hydroxyl groups is 2. The van der Waals surface area contributed by atoms with E-state index in [1.54, 1.807) is 20.8 Å². The second-order valence-corrected chi connectivity index (χ2v) is 4.77. The highest BCUT2D eigenvalue weighted by atomic mass is 19.1. The van der Waals surface area contributed by atoms with Crippen molar-refractivity contribution in [1.82, 2.24) is 0 Å². The van der Waals surface area contributed by atoms with Crippen molar-refractivity contribution in [3.63, 3.8) is 0 Å². The van der Waals surface area contributed by atoms with Gasteiger partial charge in [0.15, 0.2) is 0 Å². The highest BCUT2D eigenvalue weighted by Crippen LogP contribution is 2.29. The van der Waals surface area contributed by atoms with Gasteiger partial charge >= 0.3 is 0 Å². The van der Waals surface area contributed by atoms with E-state index in [4.69, 9.17) is 0 Å². The van der Waals surface area contributed by atoms with Crippen LogP contribution in [0.25, 0.3) is 0 Å². The van der Waals surface area contributed by atoms with E-state index in [-0.39, 0.29) is 12.2 Å². The molecule has 1 atom stereocenters. The van der Waals surface area contributed by atoms with Gasteiger partial charge in [0, 0.05) is 6.42 Å². The molecule has 2 N–H and O–H groups in total. The van der Waals surface area contributed by atoms with Gasteiger partial charge < -0.3 is 10.2 Å². The molecule has 0 aliphatic rings. The van der Waals surface area contributed by atoms with Gasteiger partial charge in [-0.25, -0.2) is 4.39 Å². The molecule has 0 spiro atoms. The highest BCUT2D eigenvalue weighted by molar-refractivity contribution is 5.22. The lowest BCUT2D eigenvalue weighted by Crippen LogP contribution is -2.33. The van der Waals surface area contributed by atoms with Crippen molar-refractivity contribution in [2.24, 2.45) is 0 Å². The number of halogens is 1. The van der Waals surface area contributed by atoms with Gasteiger partial charge in [-0.15, -0.1) is 0 Å². The van der Waals surface area contributed by atoms with Crippen LogP contribution in [0, 0.1) is 5.82 Å². The molecule has 0 radical (unpaired) electrons. The molecule has 0 saturated carbocycles. The largest absolute Gasteiger partial charge is 0.390 e. The summed E-state index contributed by atoms with van der Waals surface area (Å²) in [4.78, 5) is 0. The normalized spacial score (nSPS) is 16.1. The first-order valence-electron chi connectivity index (χ1n) is 4.91. The van der Waals surface area contributed by atoms with E-state index in [0.29, 0.717) is 5.56 Å². The van der Waals surface area contributed by atoms with Crippen LogP contribution in [0.3, 0.4) is 0 Å². The Labute approximate surface area is 89.4 Å². The Kier molecular flexibility index (Phi) is 3.16. The van der Waals surface area contributed by atoms with E-state index in [1.807, 2.05) is 0 Å². The summed E-state index contributed by atoms with van der Waals surface area (Å²) < 4.78 is 12.7. The van der Waals surface area contributed by atoms with Crippen LogP contribution in [0.4, 0.5) is 4.39 Å². The van der Waals surface area contributed by atoms with Crippen molar-refractivity contribution in [3.8, 4) is 0 Å². The van der Waals surface area contributed by atoms with Crippen molar-refractivity contribution < 1.29 is 14.6 Å². The molecule has 0 aliphatic heterocycles. The number of hydrogen-bond donors (Lipinski definition) is 2. The average Bonchev–Trinajstić information content (AvgIpc) is 2.00. The molecule has 0 heterocycles. The second kappa shape index (κ2) is 3.91. The molecule has 2 nitrogen and oxygen atoms in total. The van der Waals surface area contributed by atoms with E-state index in [2.05, 4.69) is 0 Å². The predicted octanol–water partition coefficient (Wildman–Crippen LogP) is 2.19. The third-order valence-corrected chi connectivity index (χ3v) is 2.24. The fraction of sp³-hybridized carbons (Fsp3) is 0.500. The number of benzene rings is 1. The van der Waals surface area contributed by atoms with Crippen LogP contribution < -0.4 is 0 Å². The quantitative estimate of drug-likeness (QED) is 0.806. The molecule has 3 heteroatoms. The summed E-state index contributed by atoms with van der Waals surface area (Å²) in [6.07, 6.45) is 0.200. The fourth-order valence-electron chi connectivity index (χ4n) is 1.75. The molecule has 0 fully saturated rings. The lowest BCUT2D eigenvalue weighted by atomic mass is 9.85. The SMILES string of the molecule is CC(C)(O)CC(C)(O)c1ccc(F)cc1. The van der Waals surface area contributed by atoms with Crippen LogP contribution in [0.5, 0.6) is 0 Å². The van der Waals surface area contributed by atoms with E-state index >= 15 is 0 Å². The zero-order valence-corrected chi connectivity index (χ0v) is 9.29. The Balaban J connectivity index is 2.90. The molecular weight excluding hydrogens is 195 g/mol. The van der Waals surface area contributed by atoms with Gasteiger partial charge in [-0.3, -0.25) is 0 Å². The highest BCUT2D eigenvalue weighted by Gasteiger charge is 2.30. The van der Waals surface area contributed by atoms with Crippen molar-refractivity contribution in [1.29, 1.82) is 0 Å². The van der Waals surface area contributed by atoms with Gasteiger partial charge in [0.25, 0.3) is 0 Å². The van der Waals surface area contributed by atoms with Gasteiger partial charge in [-0.2, -0.15) is 0 Å². The molecule has 0 aliphatic carbocycles.